The average molecular weight is 194 g/mol. The standard InChI is InChI=1S/C9H14N4O/c10-5-6-12-9(14)13-8-3-1-7(11)2-4-8/h1-4H,5-6,10-11H2,(H2,12,13,14). The number of anilines is 2. The minimum Gasteiger partial charge on any atom is -0.399 e. The summed E-state index contributed by atoms with van der Waals surface area (Å²) in [5.74, 6) is 0. The molecule has 14 heavy (non-hydrogen) atoms. The maximum absolute atomic E-state index is 11.1. The van der Waals surface area contributed by atoms with Crippen LogP contribution >= 0.6 is 0 Å². The maximum atomic E-state index is 11.1. The van der Waals surface area contributed by atoms with Crippen LogP contribution in [0.2, 0.25) is 0 Å². The van der Waals surface area contributed by atoms with E-state index in [0.29, 0.717) is 24.5 Å². The van der Waals surface area contributed by atoms with Crippen LogP contribution < -0.4 is 22.1 Å². The molecule has 0 radical (unpaired) electrons. The molecular weight excluding hydrogens is 180 g/mol. The van der Waals surface area contributed by atoms with Gasteiger partial charge in [-0.25, -0.2) is 4.79 Å². The van der Waals surface area contributed by atoms with Gasteiger partial charge in [0.05, 0.1) is 0 Å². The molecule has 0 spiro atoms. The van der Waals surface area contributed by atoms with Crippen LogP contribution in [-0.2, 0) is 0 Å². The van der Waals surface area contributed by atoms with Crippen molar-refractivity contribution in [1.82, 2.24) is 5.32 Å². The monoisotopic (exact) mass is 194 g/mol. The van der Waals surface area contributed by atoms with Gasteiger partial charge in [-0.2, -0.15) is 0 Å². The second-order valence-corrected chi connectivity index (χ2v) is 2.79. The third-order valence-electron chi connectivity index (χ3n) is 1.60. The maximum Gasteiger partial charge on any atom is 0.319 e. The van der Waals surface area contributed by atoms with Gasteiger partial charge in [0, 0.05) is 24.5 Å². The Morgan fingerprint density at radius 3 is 2.50 bits per heavy atom. The van der Waals surface area contributed by atoms with E-state index < -0.39 is 0 Å². The number of hydrogen-bond acceptors (Lipinski definition) is 3. The number of nitrogens with two attached hydrogens (primary N) is 2. The molecule has 6 N–H and O–H groups in total. The first-order valence-electron chi connectivity index (χ1n) is 4.33. The van der Waals surface area contributed by atoms with Crippen LogP contribution in [0.4, 0.5) is 16.2 Å². The summed E-state index contributed by atoms with van der Waals surface area (Å²) in [6, 6.07) is 6.64. The predicted octanol–water partition coefficient (Wildman–Crippen LogP) is 0.349. The Kier molecular flexibility index (Phi) is 3.75. The van der Waals surface area contributed by atoms with Gasteiger partial charge in [0.15, 0.2) is 0 Å². The van der Waals surface area contributed by atoms with E-state index in [4.69, 9.17) is 11.5 Å². The van der Waals surface area contributed by atoms with Gasteiger partial charge in [0.1, 0.15) is 0 Å². The van der Waals surface area contributed by atoms with Gasteiger partial charge in [-0.05, 0) is 24.3 Å². The number of benzene rings is 1. The Morgan fingerprint density at radius 2 is 1.93 bits per heavy atom. The van der Waals surface area contributed by atoms with Crippen molar-refractivity contribution in [3.8, 4) is 0 Å². The van der Waals surface area contributed by atoms with Crippen LogP contribution in [0.25, 0.3) is 0 Å². The van der Waals surface area contributed by atoms with Crippen LogP contribution in [0.3, 0.4) is 0 Å². The number of amides is 2. The first-order chi connectivity index (χ1) is 6.72. The Balaban J connectivity index is 2.44. The van der Waals surface area contributed by atoms with Crippen LogP contribution in [0, 0.1) is 0 Å². The number of carbonyl (C=O) groups is 1. The average Bonchev–Trinajstić information content (AvgIpc) is 2.18. The largest absolute Gasteiger partial charge is 0.399 e. The SMILES string of the molecule is NCCNC(=O)Nc1ccc(N)cc1. The van der Waals surface area contributed by atoms with Gasteiger partial charge >= 0.3 is 6.03 Å². The molecule has 0 aliphatic carbocycles. The van der Waals surface area contributed by atoms with Crippen molar-refractivity contribution in [2.75, 3.05) is 24.1 Å². The number of hydrogen-bond donors (Lipinski definition) is 4. The van der Waals surface area contributed by atoms with Crippen molar-refractivity contribution < 1.29 is 4.79 Å². The Hall–Kier alpha value is -1.75. The lowest BCUT2D eigenvalue weighted by molar-refractivity contribution is 0.252. The van der Waals surface area contributed by atoms with Crippen LogP contribution in [-0.4, -0.2) is 19.1 Å². The highest BCUT2D eigenvalue weighted by Crippen LogP contribution is 2.09. The zero-order valence-corrected chi connectivity index (χ0v) is 7.79. The molecule has 2 amide bonds. The molecule has 1 aromatic rings. The molecule has 0 fully saturated rings. The highest BCUT2D eigenvalue weighted by atomic mass is 16.2. The lowest BCUT2D eigenvalue weighted by Gasteiger charge is -2.06. The van der Waals surface area contributed by atoms with E-state index >= 15 is 0 Å². The second kappa shape index (κ2) is 5.08. The molecular formula is C9H14N4O. The van der Waals surface area contributed by atoms with Crippen molar-refractivity contribution in [3.63, 3.8) is 0 Å². The molecule has 0 aromatic heterocycles. The molecule has 5 heteroatoms. The van der Waals surface area contributed by atoms with E-state index in [1.165, 1.54) is 0 Å². The highest BCUT2D eigenvalue weighted by Gasteiger charge is 1.98. The lowest BCUT2D eigenvalue weighted by atomic mass is 10.3. The molecule has 0 saturated carbocycles. The zero-order valence-electron chi connectivity index (χ0n) is 7.79. The minimum atomic E-state index is -0.264. The fourth-order valence-corrected chi connectivity index (χ4v) is 0.927. The summed E-state index contributed by atoms with van der Waals surface area (Å²) < 4.78 is 0. The molecule has 76 valence electrons. The van der Waals surface area contributed by atoms with Crippen LogP contribution in [0.15, 0.2) is 24.3 Å². The third kappa shape index (κ3) is 3.32. The van der Waals surface area contributed by atoms with E-state index in [1.807, 2.05) is 0 Å². The number of nitrogen functional groups attached to an aromatic ring is 1. The van der Waals surface area contributed by atoms with E-state index in [1.54, 1.807) is 24.3 Å². The molecule has 0 aliphatic heterocycles. The van der Waals surface area contributed by atoms with Crippen molar-refractivity contribution >= 4 is 17.4 Å². The third-order valence-corrected chi connectivity index (χ3v) is 1.60. The van der Waals surface area contributed by atoms with E-state index in [0.717, 1.165) is 0 Å². The van der Waals surface area contributed by atoms with Crippen molar-refractivity contribution in [2.45, 2.75) is 0 Å². The molecule has 0 saturated heterocycles. The fourth-order valence-electron chi connectivity index (χ4n) is 0.927. The summed E-state index contributed by atoms with van der Waals surface area (Å²) in [5, 5.41) is 5.23. The van der Waals surface area contributed by atoms with Gasteiger partial charge < -0.3 is 22.1 Å². The molecule has 0 heterocycles. The summed E-state index contributed by atoms with van der Waals surface area (Å²) in [6.07, 6.45) is 0. The van der Waals surface area contributed by atoms with Crippen LogP contribution in [0.5, 0.6) is 0 Å². The van der Waals surface area contributed by atoms with Crippen molar-refractivity contribution in [3.05, 3.63) is 24.3 Å². The quantitative estimate of drug-likeness (QED) is 0.523. The summed E-state index contributed by atoms with van der Waals surface area (Å²) in [7, 11) is 0. The van der Waals surface area contributed by atoms with Gasteiger partial charge in [-0.1, -0.05) is 0 Å². The minimum absolute atomic E-state index is 0.264. The lowest BCUT2D eigenvalue weighted by Crippen LogP contribution is -2.32. The molecule has 0 unspecified atom stereocenters. The molecule has 1 rings (SSSR count). The number of carbonyl (C=O) groups excluding carboxylic acids is 1. The van der Waals surface area contributed by atoms with E-state index in [2.05, 4.69) is 10.6 Å². The fraction of sp³-hybridized carbons (Fsp3) is 0.222. The highest BCUT2D eigenvalue weighted by molar-refractivity contribution is 5.89. The number of rotatable bonds is 3. The zero-order chi connectivity index (χ0) is 10.4. The Bertz CT molecular complexity index is 296. The molecule has 1 aromatic carbocycles. The second-order valence-electron chi connectivity index (χ2n) is 2.79. The molecule has 5 nitrogen and oxygen atoms in total. The summed E-state index contributed by atoms with van der Waals surface area (Å²) >= 11 is 0. The summed E-state index contributed by atoms with van der Waals surface area (Å²) in [5.41, 5.74) is 12.1. The van der Waals surface area contributed by atoms with Gasteiger partial charge in [-0.15, -0.1) is 0 Å². The van der Waals surface area contributed by atoms with E-state index in [9.17, 15) is 4.79 Å². The van der Waals surface area contributed by atoms with Crippen molar-refractivity contribution in [2.24, 2.45) is 5.73 Å². The smallest absolute Gasteiger partial charge is 0.319 e. The topological polar surface area (TPSA) is 93.2 Å². The van der Waals surface area contributed by atoms with Crippen LogP contribution in [0.1, 0.15) is 0 Å². The van der Waals surface area contributed by atoms with E-state index in [-0.39, 0.29) is 6.03 Å². The Labute approximate surface area is 82.5 Å². The predicted molar refractivity (Wildman–Crippen MR) is 56.9 cm³/mol. The number of urea groups is 1. The van der Waals surface area contributed by atoms with Gasteiger partial charge in [0.2, 0.25) is 0 Å². The van der Waals surface area contributed by atoms with Gasteiger partial charge in [0.25, 0.3) is 0 Å². The molecule has 0 atom stereocenters. The molecule has 0 aliphatic rings. The normalized spacial score (nSPS) is 9.50. The van der Waals surface area contributed by atoms with Gasteiger partial charge in [-0.3, -0.25) is 0 Å². The summed E-state index contributed by atoms with van der Waals surface area (Å²) in [4.78, 5) is 11.1. The number of nitrogens with one attached hydrogen (secondary N) is 2. The van der Waals surface area contributed by atoms with Crippen molar-refractivity contribution in [1.29, 1.82) is 0 Å². The Morgan fingerprint density at radius 1 is 1.29 bits per heavy atom. The first kappa shape index (κ1) is 10.3. The summed E-state index contributed by atoms with van der Waals surface area (Å²) in [6.45, 7) is 0.885. The first-order valence-corrected chi connectivity index (χ1v) is 4.33. The molecule has 0 bridgehead atoms.